The van der Waals surface area contributed by atoms with Gasteiger partial charge in [0, 0.05) is 47.7 Å². The molecule has 0 spiro atoms. The molecule has 3 N–H and O–H groups in total. The molecule has 0 fully saturated rings. The highest BCUT2D eigenvalue weighted by Gasteiger charge is 2.24. The Bertz CT molecular complexity index is 1860. The standard InChI is InChI=1S/C35H37FN6O3/c1-6-32(44)37-14-13-22-9-7-10-25(15-22)39-33-34(45)41(5)20-30(40-33)26-11-8-12-31(28(26)21-43)42-19-27-23(18-38-42)16-24(17-29(27)36)35(2,3)4/h6-12,15-18,20,43H,1,13-14,19,21H2,2-5H3,(H,37,44)(H,39,40). The molecule has 1 aliphatic rings. The van der Waals surface area contributed by atoms with E-state index in [2.05, 4.69) is 27.3 Å². The summed E-state index contributed by atoms with van der Waals surface area (Å²) >= 11 is 0. The third kappa shape index (κ3) is 6.86. The van der Waals surface area contributed by atoms with Crippen molar-refractivity contribution in [2.75, 3.05) is 16.9 Å². The number of aliphatic hydroxyl groups excluding tert-OH is 1. The summed E-state index contributed by atoms with van der Waals surface area (Å²) in [6.07, 6.45) is 5.09. The Balaban J connectivity index is 1.45. The number of amides is 1. The number of carbonyl (C=O) groups is 1. The molecule has 0 atom stereocenters. The number of hydrogen-bond acceptors (Lipinski definition) is 7. The van der Waals surface area contributed by atoms with Crippen LogP contribution in [0.1, 0.15) is 48.6 Å². The molecule has 1 aliphatic heterocycles. The summed E-state index contributed by atoms with van der Waals surface area (Å²) in [6, 6.07) is 16.5. The second kappa shape index (κ2) is 12.9. The lowest BCUT2D eigenvalue weighted by atomic mass is 9.85. The van der Waals surface area contributed by atoms with Crippen molar-refractivity contribution in [3.63, 3.8) is 0 Å². The lowest BCUT2D eigenvalue weighted by Crippen LogP contribution is -2.25. The number of rotatable bonds is 9. The first-order valence-corrected chi connectivity index (χ1v) is 14.7. The number of nitrogens with zero attached hydrogens (tertiary/aromatic N) is 4. The molecule has 5 rings (SSSR count). The lowest BCUT2D eigenvalue weighted by Gasteiger charge is -2.28. The molecule has 1 aromatic heterocycles. The molecule has 232 valence electrons. The molecular weight excluding hydrogens is 571 g/mol. The molecule has 9 nitrogen and oxygen atoms in total. The second-order valence-electron chi connectivity index (χ2n) is 12.0. The Hall–Kier alpha value is -5.09. The monoisotopic (exact) mass is 608 g/mol. The number of hydrogen-bond donors (Lipinski definition) is 3. The van der Waals surface area contributed by atoms with Crippen LogP contribution in [0.3, 0.4) is 0 Å². The first-order chi connectivity index (χ1) is 21.5. The molecule has 1 amide bonds. The molecule has 10 heteroatoms. The summed E-state index contributed by atoms with van der Waals surface area (Å²) in [4.78, 5) is 29.2. The molecule has 4 aromatic rings. The maximum Gasteiger partial charge on any atom is 0.293 e. The van der Waals surface area contributed by atoms with Crippen LogP contribution < -0.4 is 21.2 Å². The first-order valence-electron chi connectivity index (χ1n) is 14.7. The van der Waals surface area contributed by atoms with Crippen molar-refractivity contribution in [1.82, 2.24) is 14.9 Å². The maximum atomic E-state index is 15.3. The third-order valence-corrected chi connectivity index (χ3v) is 7.76. The molecule has 0 saturated heterocycles. The Kier molecular flexibility index (Phi) is 8.96. The molecule has 45 heavy (non-hydrogen) atoms. The Labute approximate surface area is 261 Å². The summed E-state index contributed by atoms with van der Waals surface area (Å²) in [6.45, 7) is 9.89. The normalized spacial score (nSPS) is 12.5. The van der Waals surface area contributed by atoms with Crippen LogP contribution in [0.5, 0.6) is 0 Å². The number of benzene rings is 3. The number of anilines is 3. The lowest BCUT2D eigenvalue weighted by molar-refractivity contribution is -0.116. The highest BCUT2D eigenvalue weighted by Crippen LogP contribution is 2.35. The number of halogens is 1. The van der Waals surface area contributed by atoms with Crippen molar-refractivity contribution in [2.24, 2.45) is 12.1 Å². The van der Waals surface area contributed by atoms with Crippen molar-refractivity contribution in [3.05, 3.63) is 117 Å². The van der Waals surface area contributed by atoms with Crippen LogP contribution in [0, 0.1) is 5.82 Å². The first kappa shape index (κ1) is 31.3. The minimum Gasteiger partial charge on any atom is -0.392 e. The predicted molar refractivity (Wildman–Crippen MR) is 176 cm³/mol. The van der Waals surface area contributed by atoms with Gasteiger partial charge in [0.25, 0.3) is 5.56 Å². The van der Waals surface area contributed by atoms with Gasteiger partial charge >= 0.3 is 0 Å². The largest absolute Gasteiger partial charge is 0.392 e. The zero-order valence-electron chi connectivity index (χ0n) is 25.9. The zero-order chi connectivity index (χ0) is 32.3. The number of carbonyl (C=O) groups excluding carboxylic acids is 1. The van der Waals surface area contributed by atoms with Crippen molar-refractivity contribution in [2.45, 2.75) is 45.8 Å². The van der Waals surface area contributed by atoms with E-state index in [9.17, 15) is 14.7 Å². The van der Waals surface area contributed by atoms with Crippen LogP contribution in [-0.4, -0.2) is 33.3 Å². The predicted octanol–water partition coefficient (Wildman–Crippen LogP) is 5.32. The van der Waals surface area contributed by atoms with Gasteiger partial charge in [-0.3, -0.25) is 14.6 Å². The molecule has 0 unspecified atom stereocenters. The van der Waals surface area contributed by atoms with E-state index in [0.29, 0.717) is 46.7 Å². The van der Waals surface area contributed by atoms with E-state index in [-0.39, 0.29) is 41.7 Å². The Morgan fingerprint density at radius 3 is 2.67 bits per heavy atom. The number of hydrazone groups is 1. The van der Waals surface area contributed by atoms with E-state index in [1.54, 1.807) is 30.5 Å². The van der Waals surface area contributed by atoms with Gasteiger partial charge in [-0.1, -0.05) is 51.6 Å². The fourth-order valence-electron chi connectivity index (χ4n) is 5.23. The van der Waals surface area contributed by atoms with E-state index >= 15 is 4.39 Å². The van der Waals surface area contributed by atoms with E-state index in [1.807, 2.05) is 69.3 Å². The molecule has 0 radical (unpaired) electrons. The van der Waals surface area contributed by atoms with E-state index in [1.165, 1.54) is 10.6 Å². The smallest absolute Gasteiger partial charge is 0.293 e. The fraction of sp³-hybridized carbons (Fsp3) is 0.257. The summed E-state index contributed by atoms with van der Waals surface area (Å²) in [5.41, 5.74) is 5.49. The van der Waals surface area contributed by atoms with Crippen LogP contribution in [0.2, 0.25) is 0 Å². The van der Waals surface area contributed by atoms with Gasteiger partial charge in [0.15, 0.2) is 5.82 Å². The van der Waals surface area contributed by atoms with Crippen LogP contribution in [0.4, 0.5) is 21.6 Å². The zero-order valence-corrected chi connectivity index (χ0v) is 25.9. The number of nitrogens with one attached hydrogen (secondary N) is 2. The Morgan fingerprint density at radius 2 is 1.93 bits per heavy atom. The van der Waals surface area contributed by atoms with Gasteiger partial charge in [-0.2, -0.15) is 5.10 Å². The summed E-state index contributed by atoms with van der Waals surface area (Å²) in [5, 5.41) is 22.7. The summed E-state index contributed by atoms with van der Waals surface area (Å²) in [7, 11) is 1.64. The molecule has 2 heterocycles. The SMILES string of the molecule is C=CC(=O)NCCc1cccc(Nc2nc(-c3cccc(N4Cc5c(F)cc(C(C)(C)C)cc5C=N4)c3CO)cn(C)c2=O)c1. The molecule has 3 aromatic carbocycles. The quantitative estimate of drug-likeness (QED) is 0.222. The topological polar surface area (TPSA) is 112 Å². The van der Waals surface area contributed by atoms with E-state index in [4.69, 9.17) is 0 Å². The average Bonchev–Trinajstić information content (AvgIpc) is 3.02. The van der Waals surface area contributed by atoms with Crippen molar-refractivity contribution >= 4 is 29.3 Å². The second-order valence-corrected chi connectivity index (χ2v) is 12.0. The summed E-state index contributed by atoms with van der Waals surface area (Å²) in [5.74, 6) is -0.418. The van der Waals surface area contributed by atoms with Gasteiger partial charge < -0.3 is 20.3 Å². The van der Waals surface area contributed by atoms with Gasteiger partial charge in [0.1, 0.15) is 5.82 Å². The van der Waals surface area contributed by atoms with Crippen LogP contribution >= 0.6 is 0 Å². The molecule has 0 saturated carbocycles. The van der Waals surface area contributed by atoms with E-state index in [0.717, 1.165) is 16.7 Å². The van der Waals surface area contributed by atoms with Crippen LogP contribution in [0.15, 0.2) is 83.3 Å². The highest BCUT2D eigenvalue weighted by molar-refractivity contribution is 5.87. The average molecular weight is 609 g/mol. The molecular formula is C35H37FN6O3. The molecule has 0 aliphatic carbocycles. The van der Waals surface area contributed by atoms with E-state index < -0.39 is 0 Å². The third-order valence-electron chi connectivity index (χ3n) is 7.76. The van der Waals surface area contributed by atoms with Crippen LogP contribution in [0.25, 0.3) is 11.3 Å². The number of aliphatic hydroxyl groups is 1. The van der Waals surface area contributed by atoms with Gasteiger partial charge in [-0.15, -0.1) is 0 Å². The maximum absolute atomic E-state index is 15.3. The number of aryl methyl sites for hydroxylation is 1. The minimum atomic E-state index is -0.327. The van der Waals surface area contributed by atoms with Crippen molar-refractivity contribution < 1.29 is 14.3 Å². The number of fused-ring (bicyclic) bond motifs is 1. The Morgan fingerprint density at radius 1 is 1.16 bits per heavy atom. The van der Waals surface area contributed by atoms with Crippen LogP contribution in [-0.2, 0) is 36.8 Å². The van der Waals surface area contributed by atoms with Crippen molar-refractivity contribution in [1.29, 1.82) is 0 Å². The van der Waals surface area contributed by atoms with Gasteiger partial charge in [0.2, 0.25) is 5.91 Å². The van der Waals surface area contributed by atoms with Crippen molar-refractivity contribution in [3.8, 4) is 11.3 Å². The van der Waals surface area contributed by atoms with Gasteiger partial charge in [-0.25, -0.2) is 9.37 Å². The van der Waals surface area contributed by atoms with Gasteiger partial charge in [0.05, 0.1) is 30.7 Å². The highest BCUT2D eigenvalue weighted by atomic mass is 19.1. The molecule has 0 bridgehead atoms. The van der Waals surface area contributed by atoms with Gasteiger partial charge in [-0.05, 0) is 59.4 Å². The minimum absolute atomic E-state index is 0.114. The summed E-state index contributed by atoms with van der Waals surface area (Å²) < 4.78 is 16.7. The fourth-order valence-corrected chi connectivity index (χ4v) is 5.23. The number of aromatic nitrogens is 2.